The molecule has 2 saturated heterocycles. The van der Waals surface area contributed by atoms with E-state index in [4.69, 9.17) is 14.2 Å². The Balaban J connectivity index is 1.28. The molecule has 0 saturated carbocycles. The zero-order valence-electron chi connectivity index (χ0n) is 24.9. The first-order chi connectivity index (χ1) is 21.3. The van der Waals surface area contributed by atoms with Crippen molar-refractivity contribution in [1.29, 1.82) is 0 Å². The summed E-state index contributed by atoms with van der Waals surface area (Å²) in [6.07, 6.45) is -2.86. The van der Waals surface area contributed by atoms with Crippen molar-refractivity contribution in [2.24, 2.45) is 4.99 Å². The van der Waals surface area contributed by atoms with Crippen LogP contribution in [0, 0.1) is 0 Å². The van der Waals surface area contributed by atoms with E-state index in [1.807, 2.05) is 13.0 Å². The Morgan fingerprint density at radius 1 is 1.16 bits per heavy atom. The maximum absolute atomic E-state index is 13.8. The van der Waals surface area contributed by atoms with Gasteiger partial charge in [0.15, 0.2) is 23.6 Å². The fraction of sp³-hybridized carbons (Fsp3) is 0.485. The Bertz CT molecular complexity index is 1750. The molecule has 0 amide bonds. The van der Waals surface area contributed by atoms with Gasteiger partial charge in [0.25, 0.3) is 0 Å². The van der Waals surface area contributed by atoms with Crippen molar-refractivity contribution in [1.82, 2.24) is 5.32 Å². The molecule has 0 aromatic heterocycles. The van der Waals surface area contributed by atoms with Crippen molar-refractivity contribution in [3.63, 3.8) is 0 Å². The number of aromatic hydroxyl groups is 2. The number of carbonyl (C=O) groups is 2. The number of aliphatic hydroxyl groups excluding tert-OH is 2. The summed E-state index contributed by atoms with van der Waals surface area (Å²) in [5.74, 6) is -1.69. The summed E-state index contributed by atoms with van der Waals surface area (Å²) >= 11 is 0. The molecule has 6 aliphatic rings. The lowest BCUT2D eigenvalue weighted by Crippen LogP contribution is -2.64. The number of phenols is 2. The van der Waals surface area contributed by atoms with Crippen molar-refractivity contribution in [2.75, 3.05) is 6.54 Å². The molecule has 6 N–H and O–H groups in total. The van der Waals surface area contributed by atoms with Gasteiger partial charge in [-0.15, -0.1) is 0 Å². The lowest BCUT2D eigenvalue weighted by molar-refractivity contribution is -0.321. The highest BCUT2D eigenvalue weighted by molar-refractivity contribution is 6.30. The summed E-state index contributed by atoms with van der Waals surface area (Å²) in [5.41, 5.74) is -2.68. The van der Waals surface area contributed by atoms with Crippen molar-refractivity contribution in [2.45, 2.75) is 93.6 Å². The number of ether oxygens (including phenoxy) is 3. The minimum Gasteiger partial charge on any atom is -0.507 e. The van der Waals surface area contributed by atoms with Crippen LogP contribution in [0.25, 0.3) is 0 Å². The molecule has 236 valence electrons. The summed E-state index contributed by atoms with van der Waals surface area (Å²) < 4.78 is 19.4. The van der Waals surface area contributed by atoms with Crippen molar-refractivity contribution in [3.05, 3.63) is 69.3 Å². The topological polar surface area (TPSA) is 187 Å². The number of aliphatic hydroxyl groups is 3. The van der Waals surface area contributed by atoms with Gasteiger partial charge in [-0.05, 0) is 63.0 Å². The van der Waals surface area contributed by atoms with Crippen molar-refractivity contribution >= 4 is 17.4 Å². The number of aliphatic imine (C=N–C) groups is 1. The Labute approximate surface area is 258 Å². The zero-order chi connectivity index (χ0) is 31.8. The van der Waals surface area contributed by atoms with Gasteiger partial charge in [0, 0.05) is 35.6 Å². The molecule has 12 heteroatoms. The third-order valence-corrected chi connectivity index (χ3v) is 10.6. The molecular weight excluding hydrogens is 584 g/mol. The Morgan fingerprint density at radius 3 is 2.62 bits per heavy atom. The Kier molecular flexibility index (Phi) is 5.90. The molecule has 8 rings (SSSR count). The molecular formula is C33H34N2O10. The van der Waals surface area contributed by atoms with Gasteiger partial charge in [0.05, 0.1) is 35.0 Å². The molecule has 45 heavy (non-hydrogen) atoms. The maximum atomic E-state index is 13.8. The summed E-state index contributed by atoms with van der Waals surface area (Å²) in [4.78, 5) is 32.2. The first-order valence-electron chi connectivity index (χ1n) is 15.2. The number of amidine groups is 1. The van der Waals surface area contributed by atoms with Crippen LogP contribution in [0.2, 0.25) is 0 Å². The van der Waals surface area contributed by atoms with Gasteiger partial charge < -0.3 is 45.1 Å². The van der Waals surface area contributed by atoms with Gasteiger partial charge >= 0.3 is 0 Å². The van der Waals surface area contributed by atoms with E-state index in [9.17, 15) is 35.1 Å². The molecule has 0 radical (unpaired) electrons. The number of fused-ring (bicyclic) bond motifs is 8. The molecule has 2 fully saturated rings. The predicted octanol–water partition coefficient (Wildman–Crippen LogP) is 1.84. The summed E-state index contributed by atoms with van der Waals surface area (Å²) in [6.45, 7) is 5.41. The lowest BCUT2D eigenvalue weighted by atomic mass is 9.69. The van der Waals surface area contributed by atoms with Gasteiger partial charge in [-0.3, -0.25) is 14.6 Å². The van der Waals surface area contributed by atoms with E-state index >= 15 is 0 Å². The number of hydrogen-bond acceptors (Lipinski definition) is 12. The number of phenolic OH excluding ortho intramolecular Hbond substituents is 2. The average Bonchev–Trinajstić information content (AvgIpc) is 3.62. The molecule has 1 spiro atoms. The molecule has 4 aliphatic heterocycles. The van der Waals surface area contributed by atoms with E-state index in [0.717, 1.165) is 12.0 Å². The molecule has 2 aliphatic carbocycles. The van der Waals surface area contributed by atoms with E-state index < -0.39 is 65.1 Å². The fourth-order valence-corrected chi connectivity index (χ4v) is 8.40. The van der Waals surface area contributed by atoms with Crippen LogP contribution in [0.4, 0.5) is 0 Å². The normalized spacial score (nSPS) is 38.2. The Hall–Kier alpha value is -3.65. The van der Waals surface area contributed by atoms with Gasteiger partial charge in [-0.1, -0.05) is 12.1 Å². The molecule has 12 nitrogen and oxygen atoms in total. The minimum atomic E-state index is -1.93. The monoisotopic (exact) mass is 618 g/mol. The second-order valence-electron chi connectivity index (χ2n) is 13.3. The minimum absolute atomic E-state index is 0.00256. The van der Waals surface area contributed by atoms with Gasteiger partial charge in [-0.2, -0.15) is 0 Å². The molecule has 9 unspecified atom stereocenters. The number of benzene rings is 2. The second kappa shape index (κ2) is 9.21. The number of hydrogen-bond donors (Lipinski definition) is 6. The molecule has 4 heterocycles. The first kappa shape index (κ1) is 28.8. The largest absolute Gasteiger partial charge is 0.507 e. The first-order valence-corrected chi connectivity index (χ1v) is 15.2. The van der Waals surface area contributed by atoms with Crippen LogP contribution >= 0.6 is 0 Å². The smallest absolute Gasteiger partial charge is 0.198 e. The fourth-order valence-electron chi connectivity index (χ4n) is 8.40. The number of rotatable bonds is 3. The van der Waals surface area contributed by atoms with E-state index in [1.54, 1.807) is 0 Å². The lowest BCUT2D eigenvalue weighted by Gasteiger charge is -2.48. The standard InChI is InChI=1S/C33H34N2O10/c1-13(36)33(42)14(2)43-22(10-21(33)38)44-29-18-9-17-25(26(39)16-5-4-6-20(37)24(16)27(17)40)28(41)23(18)19-12-31(29,3)45-32(19)11-15-7-8-34-30(15)35-32/h4-6,9,11,13-14,19,21-22,29,36-38,41-42H,7-8,10,12H2,1-3H3,(H,34,35). The molecule has 2 aromatic rings. The quantitative estimate of drug-likeness (QED) is 0.251. The van der Waals surface area contributed by atoms with E-state index in [0.29, 0.717) is 29.9 Å². The molecule has 2 aromatic carbocycles. The van der Waals surface area contributed by atoms with E-state index in [-0.39, 0.29) is 40.2 Å². The summed E-state index contributed by atoms with van der Waals surface area (Å²) in [5, 5.41) is 58.1. The highest BCUT2D eigenvalue weighted by Gasteiger charge is 2.65. The van der Waals surface area contributed by atoms with Crippen LogP contribution in [0.5, 0.6) is 11.5 Å². The van der Waals surface area contributed by atoms with Crippen LogP contribution in [0.3, 0.4) is 0 Å². The van der Waals surface area contributed by atoms with Crippen LogP contribution in [0.15, 0.2) is 40.9 Å². The number of nitrogens with zero attached hydrogens (tertiary/aromatic N) is 1. The van der Waals surface area contributed by atoms with Crippen LogP contribution < -0.4 is 5.32 Å². The van der Waals surface area contributed by atoms with Gasteiger partial charge in [0.2, 0.25) is 0 Å². The van der Waals surface area contributed by atoms with Crippen LogP contribution in [0.1, 0.15) is 95.0 Å². The SMILES string of the molecule is CC(O)C1(O)C(O)CC(OC2c3cc4c(c(O)c3C3CC2(C)OC32C=C3CCN=C3N2)C(=O)c2cccc(O)c2C4=O)OC1C. The predicted molar refractivity (Wildman–Crippen MR) is 156 cm³/mol. The number of carbonyl (C=O) groups excluding carboxylic acids is 2. The third kappa shape index (κ3) is 3.66. The number of ketones is 2. The zero-order valence-corrected chi connectivity index (χ0v) is 24.9. The summed E-state index contributed by atoms with van der Waals surface area (Å²) in [6, 6.07) is 5.79. The van der Waals surface area contributed by atoms with Crippen LogP contribution in [-0.4, -0.2) is 91.0 Å². The molecule has 9 atom stereocenters. The van der Waals surface area contributed by atoms with E-state index in [1.165, 1.54) is 38.1 Å². The highest BCUT2D eigenvalue weighted by Crippen LogP contribution is 2.63. The van der Waals surface area contributed by atoms with Crippen LogP contribution in [-0.2, 0) is 14.2 Å². The molecule has 2 bridgehead atoms. The average molecular weight is 619 g/mol. The number of nitrogens with one attached hydrogen (secondary N) is 1. The highest BCUT2D eigenvalue weighted by atomic mass is 16.7. The van der Waals surface area contributed by atoms with Gasteiger partial charge in [0.1, 0.15) is 29.0 Å². The Morgan fingerprint density at radius 2 is 1.91 bits per heavy atom. The van der Waals surface area contributed by atoms with Crippen molar-refractivity contribution < 1.29 is 49.3 Å². The second-order valence-corrected chi connectivity index (χ2v) is 13.3. The van der Waals surface area contributed by atoms with Gasteiger partial charge in [-0.25, -0.2) is 0 Å². The van der Waals surface area contributed by atoms with Crippen molar-refractivity contribution in [3.8, 4) is 11.5 Å². The summed E-state index contributed by atoms with van der Waals surface area (Å²) in [7, 11) is 0. The third-order valence-electron chi connectivity index (χ3n) is 10.6. The van der Waals surface area contributed by atoms with E-state index in [2.05, 4.69) is 10.3 Å². The maximum Gasteiger partial charge on any atom is 0.198 e.